The Labute approximate surface area is 157 Å². The Morgan fingerprint density at radius 2 is 2.04 bits per heavy atom. The first-order chi connectivity index (χ1) is 12.5. The molecule has 26 heavy (non-hydrogen) atoms. The van der Waals surface area contributed by atoms with Gasteiger partial charge in [-0.3, -0.25) is 14.2 Å². The molecule has 3 heterocycles. The molecule has 0 aliphatic carbocycles. The number of halogens is 2. The number of nitrogens with zero attached hydrogens (tertiary/aromatic N) is 4. The van der Waals surface area contributed by atoms with Crippen LogP contribution in [0.25, 0.3) is 11.2 Å². The summed E-state index contributed by atoms with van der Waals surface area (Å²) < 4.78 is 17.8. The van der Waals surface area contributed by atoms with E-state index in [0.29, 0.717) is 17.6 Å². The summed E-state index contributed by atoms with van der Waals surface area (Å²) in [6.45, 7) is -0.119. The lowest BCUT2D eigenvalue weighted by atomic mass is 10.2. The van der Waals surface area contributed by atoms with Gasteiger partial charge in [-0.2, -0.15) is 0 Å². The van der Waals surface area contributed by atoms with E-state index in [4.69, 9.17) is 43.1 Å². The van der Waals surface area contributed by atoms with Crippen molar-refractivity contribution in [2.75, 3.05) is 24.1 Å². The highest BCUT2D eigenvalue weighted by molar-refractivity contribution is 6.26. The number of fused-ring (bicyclic) bond motifs is 1. The van der Waals surface area contributed by atoms with Crippen LogP contribution in [0.2, 0.25) is 0 Å². The van der Waals surface area contributed by atoms with Crippen LogP contribution in [0.5, 0.6) is 0 Å². The van der Waals surface area contributed by atoms with E-state index in [-0.39, 0.29) is 24.2 Å². The van der Waals surface area contributed by atoms with Crippen molar-refractivity contribution in [1.29, 1.82) is 0 Å². The minimum Gasteiger partial charge on any atom is -0.462 e. The normalized spacial score (nSPS) is 22.5. The molecule has 0 amide bonds. The number of nitrogens with two attached hydrogens (primary N) is 1. The number of carbonyl (C=O) groups excluding carboxylic acids is 2. The van der Waals surface area contributed by atoms with E-state index in [1.54, 1.807) is 4.57 Å². The Morgan fingerprint density at radius 1 is 1.27 bits per heavy atom. The van der Waals surface area contributed by atoms with Crippen LogP contribution in [0, 0.1) is 0 Å². The van der Waals surface area contributed by atoms with Crippen LogP contribution in [0.4, 0.5) is 5.82 Å². The highest BCUT2D eigenvalue weighted by atomic mass is 35.5. The molecule has 2 aromatic heterocycles. The van der Waals surface area contributed by atoms with E-state index in [9.17, 15) is 9.59 Å². The lowest BCUT2D eigenvalue weighted by Crippen LogP contribution is -2.32. The fraction of sp³-hybridized carbons (Fsp3) is 0.500. The molecule has 2 aromatic rings. The maximum absolute atomic E-state index is 11.6. The number of carbonyl (C=O) groups is 2. The first-order valence-corrected chi connectivity index (χ1v) is 8.66. The first kappa shape index (κ1) is 18.6. The number of rotatable bonds is 6. The molecule has 1 aliphatic rings. The highest BCUT2D eigenvalue weighted by Gasteiger charge is 2.40. The van der Waals surface area contributed by atoms with Crippen LogP contribution in [0.3, 0.4) is 0 Å². The quantitative estimate of drug-likeness (QED) is 0.544. The average Bonchev–Trinajstić information content (AvgIpc) is 3.24. The molecule has 12 heteroatoms. The van der Waals surface area contributed by atoms with Gasteiger partial charge in [0.1, 0.15) is 48.6 Å². The number of hydrogen-bond donors (Lipinski definition) is 1. The third kappa shape index (κ3) is 3.81. The van der Waals surface area contributed by atoms with E-state index in [1.165, 1.54) is 12.7 Å². The zero-order valence-electron chi connectivity index (χ0n) is 13.4. The number of esters is 2. The molecule has 1 saturated heterocycles. The minimum absolute atomic E-state index is 0.119. The summed E-state index contributed by atoms with van der Waals surface area (Å²) in [5, 5.41) is 0. The minimum atomic E-state index is -0.684. The lowest BCUT2D eigenvalue weighted by molar-refractivity contribution is -0.155. The number of imidazole rings is 1. The molecular weight excluding hydrogens is 389 g/mol. The Morgan fingerprint density at radius 3 is 2.77 bits per heavy atom. The van der Waals surface area contributed by atoms with Crippen molar-refractivity contribution in [3.63, 3.8) is 0 Å². The van der Waals surface area contributed by atoms with Crippen molar-refractivity contribution in [3.8, 4) is 0 Å². The summed E-state index contributed by atoms with van der Waals surface area (Å²) in [4.78, 5) is 35.1. The van der Waals surface area contributed by atoms with Gasteiger partial charge in [-0.25, -0.2) is 15.0 Å². The van der Waals surface area contributed by atoms with E-state index in [1.807, 2.05) is 0 Å². The van der Waals surface area contributed by atoms with Gasteiger partial charge in [-0.1, -0.05) is 0 Å². The zero-order chi connectivity index (χ0) is 18.7. The summed E-state index contributed by atoms with van der Waals surface area (Å²) in [5.74, 6) is -1.55. The first-order valence-electron chi connectivity index (χ1n) is 7.59. The fourth-order valence-corrected chi connectivity index (χ4v) is 2.78. The Kier molecular flexibility index (Phi) is 5.74. The third-order valence-electron chi connectivity index (χ3n) is 3.79. The van der Waals surface area contributed by atoms with Crippen LogP contribution in [0.15, 0.2) is 12.7 Å². The SMILES string of the molecule is Nc1ncnc2c1ncn2[C@H]1C[C@H](OC(=O)CCl)[C@@H](COC(=O)CCl)O1. The Bertz CT molecular complexity index is 816. The van der Waals surface area contributed by atoms with Crippen molar-refractivity contribution in [3.05, 3.63) is 12.7 Å². The smallest absolute Gasteiger partial charge is 0.321 e. The van der Waals surface area contributed by atoms with Crippen molar-refractivity contribution < 1.29 is 23.8 Å². The largest absolute Gasteiger partial charge is 0.462 e. The number of hydrogen-bond acceptors (Lipinski definition) is 9. The van der Waals surface area contributed by atoms with E-state index >= 15 is 0 Å². The van der Waals surface area contributed by atoms with Crippen molar-refractivity contribution >= 4 is 52.1 Å². The van der Waals surface area contributed by atoms with Gasteiger partial charge in [0.25, 0.3) is 0 Å². The number of alkyl halides is 2. The second-order valence-corrected chi connectivity index (χ2v) is 5.96. The monoisotopic (exact) mass is 403 g/mol. The van der Waals surface area contributed by atoms with E-state index < -0.39 is 30.4 Å². The van der Waals surface area contributed by atoms with Crippen LogP contribution in [-0.4, -0.2) is 62.0 Å². The molecular formula is C14H15Cl2N5O5. The maximum atomic E-state index is 11.6. The summed E-state index contributed by atoms with van der Waals surface area (Å²) >= 11 is 10.9. The molecule has 140 valence electrons. The van der Waals surface area contributed by atoms with Gasteiger partial charge >= 0.3 is 11.9 Å². The number of anilines is 1. The molecule has 10 nitrogen and oxygen atoms in total. The summed E-state index contributed by atoms with van der Waals surface area (Å²) in [5.41, 5.74) is 6.69. The van der Waals surface area contributed by atoms with Gasteiger partial charge in [-0.15, -0.1) is 23.2 Å². The molecule has 0 aromatic carbocycles. The molecule has 0 saturated carbocycles. The topological polar surface area (TPSA) is 131 Å². The van der Waals surface area contributed by atoms with Crippen LogP contribution >= 0.6 is 23.2 Å². The molecule has 1 aliphatic heterocycles. The summed E-state index contributed by atoms with van der Waals surface area (Å²) in [7, 11) is 0. The van der Waals surface area contributed by atoms with Gasteiger partial charge in [-0.05, 0) is 0 Å². The van der Waals surface area contributed by atoms with Crippen LogP contribution in [0.1, 0.15) is 12.6 Å². The second kappa shape index (κ2) is 8.02. The van der Waals surface area contributed by atoms with Crippen molar-refractivity contribution in [2.24, 2.45) is 0 Å². The maximum Gasteiger partial charge on any atom is 0.321 e. The highest BCUT2D eigenvalue weighted by Crippen LogP contribution is 2.33. The standard InChI is InChI=1S/C14H15Cl2N5O5/c15-2-10(22)24-4-8-7(26-11(23)3-16)1-9(25-8)21-6-20-12-13(17)18-5-19-14(12)21/h5-9H,1-4H2,(H2,17,18,19)/t7-,8+,9+/m0/s1. The predicted octanol–water partition coefficient (Wildman–Crippen LogP) is 0.629. The zero-order valence-corrected chi connectivity index (χ0v) is 14.9. The van der Waals surface area contributed by atoms with Gasteiger partial charge < -0.3 is 19.9 Å². The molecule has 0 bridgehead atoms. The van der Waals surface area contributed by atoms with Gasteiger partial charge in [0.15, 0.2) is 11.5 Å². The molecule has 0 spiro atoms. The van der Waals surface area contributed by atoms with E-state index in [2.05, 4.69) is 15.0 Å². The van der Waals surface area contributed by atoms with Gasteiger partial charge in [0.2, 0.25) is 0 Å². The molecule has 3 atom stereocenters. The van der Waals surface area contributed by atoms with Crippen molar-refractivity contribution in [2.45, 2.75) is 24.9 Å². The summed E-state index contributed by atoms with van der Waals surface area (Å²) in [6.07, 6.45) is 1.22. The average molecular weight is 404 g/mol. The fourth-order valence-electron chi connectivity index (χ4n) is 2.64. The Balaban J connectivity index is 1.80. The van der Waals surface area contributed by atoms with Gasteiger partial charge in [0.05, 0.1) is 6.33 Å². The molecule has 1 fully saturated rings. The van der Waals surface area contributed by atoms with E-state index in [0.717, 1.165) is 0 Å². The number of ether oxygens (including phenoxy) is 3. The third-order valence-corrected chi connectivity index (χ3v) is 4.22. The number of aromatic nitrogens is 4. The predicted molar refractivity (Wildman–Crippen MR) is 90.5 cm³/mol. The lowest BCUT2D eigenvalue weighted by Gasteiger charge is -2.18. The molecule has 0 radical (unpaired) electrons. The molecule has 2 N–H and O–H groups in total. The Hall–Kier alpha value is -2.17. The van der Waals surface area contributed by atoms with Crippen molar-refractivity contribution in [1.82, 2.24) is 19.5 Å². The second-order valence-electron chi connectivity index (χ2n) is 5.43. The molecule has 0 unspecified atom stereocenters. The van der Waals surface area contributed by atoms with Gasteiger partial charge in [0, 0.05) is 6.42 Å². The summed E-state index contributed by atoms with van der Waals surface area (Å²) in [6, 6.07) is 0. The number of nitrogen functional groups attached to an aromatic ring is 1. The molecule has 3 rings (SSSR count). The van der Waals surface area contributed by atoms with Crippen LogP contribution in [-0.2, 0) is 23.8 Å². The van der Waals surface area contributed by atoms with Crippen LogP contribution < -0.4 is 5.73 Å².